The molecule has 9 heteroatoms. The number of aliphatic hydroxyl groups is 1. The number of imidazole rings is 1. The first-order chi connectivity index (χ1) is 15.3. The predicted octanol–water partition coefficient (Wildman–Crippen LogP) is 3.73. The minimum atomic E-state index is -0.569. The molecule has 2 aliphatic rings. The summed E-state index contributed by atoms with van der Waals surface area (Å²) in [7, 11) is 1.63. The zero-order chi connectivity index (χ0) is 22.6. The van der Waals surface area contributed by atoms with Crippen LogP contribution in [0.2, 0.25) is 10.0 Å². The number of likely N-dealkylation sites (tertiary alicyclic amines) is 1. The Morgan fingerprint density at radius 1 is 1.19 bits per heavy atom. The largest absolute Gasteiger partial charge is 0.481 e. The lowest BCUT2D eigenvalue weighted by Crippen LogP contribution is -2.39. The van der Waals surface area contributed by atoms with E-state index >= 15 is 4.39 Å². The van der Waals surface area contributed by atoms with Crippen molar-refractivity contribution in [3.63, 3.8) is 0 Å². The van der Waals surface area contributed by atoms with E-state index in [2.05, 4.69) is 4.90 Å². The van der Waals surface area contributed by atoms with Gasteiger partial charge in [-0.15, -0.1) is 0 Å². The molecule has 1 aliphatic heterocycles. The van der Waals surface area contributed by atoms with Crippen molar-refractivity contribution in [2.45, 2.75) is 31.1 Å². The standard InChI is InChI=1S/C23H22Cl2FN3O3/c1-27-6-7-29(23(27)31)14-2-3-21(19(26)10-14)32-22-17-8-13(24)9-18(25)16(17)11-20(22)28-5-4-15(30)12-28/h2-3,6-10,15,20,22,30H,4-5,11-12H2,1H3/t15-,20-,22+/m1/s1. The van der Waals surface area contributed by atoms with E-state index in [1.54, 1.807) is 31.6 Å². The summed E-state index contributed by atoms with van der Waals surface area (Å²) in [5, 5.41) is 11.1. The molecule has 0 spiro atoms. The maximum Gasteiger partial charge on any atom is 0.332 e. The number of nitrogens with zero attached hydrogens (tertiary/aromatic N) is 3. The molecule has 1 aliphatic carbocycles. The molecular formula is C23H22Cl2FN3O3. The zero-order valence-electron chi connectivity index (χ0n) is 17.3. The Labute approximate surface area is 194 Å². The monoisotopic (exact) mass is 477 g/mol. The van der Waals surface area contributed by atoms with Gasteiger partial charge in [-0.25, -0.2) is 9.18 Å². The lowest BCUT2D eigenvalue weighted by molar-refractivity contribution is 0.0790. The van der Waals surface area contributed by atoms with Gasteiger partial charge >= 0.3 is 5.69 Å². The number of aliphatic hydroxyl groups excluding tert-OH is 1. The molecule has 5 rings (SSSR count). The molecule has 0 bridgehead atoms. The molecule has 2 heterocycles. The number of hydrogen-bond donors (Lipinski definition) is 1. The first kappa shape index (κ1) is 21.5. The third kappa shape index (κ3) is 3.73. The van der Waals surface area contributed by atoms with E-state index in [4.69, 9.17) is 27.9 Å². The average molecular weight is 478 g/mol. The highest BCUT2D eigenvalue weighted by Crippen LogP contribution is 2.43. The van der Waals surface area contributed by atoms with E-state index in [1.807, 2.05) is 6.07 Å². The van der Waals surface area contributed by atoms with Gasteiger partial charge in [0.05, 0.1) is 17.8 Å². The van der Waals surface area contributed by atoms with Gasteiger partial charge < -0.3 is 14.4 Å². The normalized spacial score (nSPS) is 23.0. The van der Waals surface area contributed by atoms with Crippen molar-refractivity contribution in [3.8, 4) is 11.4 Å². The molecule has 3 aromatic rings. The Kier molecular flexibility index (Phi) is 5.53. The molecular weight excluding hydrogens is 456 g/mol. The van der Waals surface area contributed by atoms with Gasteiger partial charge in [0, 0.05) is 54.2 Å². The van der Waals surface area contributed by atoms with E-state index < -0.39 is 18.0 Å². The van der Waals surface area contributed by atoms with Gasteiger partial charge in [-0.1, -0.05) is 23.2 Å². The Morgan fingerprint density at radius 2 is 2.00 bits per heavy atom. The average Bonchev–Trinajstić information content (AvgIpc) is 3.42. The summed E-state index contributed by atoms with van der Waals surface area (Å²) in [6, 6.07) is 7.88. The van der Waals surface area contributed by atoms with E-state index in [9.17, 15) is 9.90 Å². The van der Waals surface area contributed by atoms with Crippen LogP contribution in [0.1, 0.15) is 23.7 Å². The Bertz CT molecular complexity index is 1240. The van der Waals surface area contributed by atoms with Crippen molar-refractivity contribution in [2.75, 3.05) is 13.1 Å². The number of aromatic nitrogens is 2. The van der Waals surface area contributed by atoms with Crippen LogP contribution >= 0.6 is 23.2 Å². The van der Waals surface area contributed by atoms with Gasteiger partial charge in [-0.2, -0.15) is 0 Å². The third-order valence-electron chi connectivity index (χ3n) is 6.32. The van der Waals surface area contributed by atoms with Crippen LogP contribution in [0.15, 0.2) is 47.5 Å². The van der Waals surface area contributed by atoms with Gasteiger partial charge in [-0.05, 0) is 42.7 Å². The molecule has 2 aromatic carbocycles. The van der Waals surface area contributed by atoms with Crippen molar-refractivity contribution >= 4 is 23.2 Å². The molecule has 0 radical (unpaired) electrons. The van der Waals surface area contributed by atoms with Crippen LogP contribution in [-0.4, -0.2) is 44.4 Å². The van der Waals surface area contributed by atoms with Crippen LogP contribution in [0.3, 0.4) is 0 Å². The molecule has 32 heavy (non-hydrogen) atoms. The van der Waals surface area contributed by atoms with Crippen molar-refractivity contribution in [2.24, 2.45) is 7.05 Å². The summed E-state index contributed by atoms with van der Waals surface area (Å²) in [6.07, 6.45) is 3.63. The van der Waals surface area contributed by atoms with Gasteiger partial charge in [0.2, 0.25) is 0 Å². The molecule has 3 atom stereocenters. The lowest BCUT2D eigenvalue weighted by Gasteiger charge is -2.30. The van der Waals surface area contributed by atoms with Gasteiger partial charge in [0.1, 0.15) is 6.10 Å². The first-order valence-corrected chi connectivity index (χ1v) is 11.2. The molecule has 1 aromatic heterocycles. The van der Waals surface area contributed by atoms with Crippen LogP contribution in [0.25, 0.3) is 5.69 Å². The molecule has 6 nitrogen and oxygen atoms in total. The predicted molar refractivity (Wildman–Crippen MR) is 120 cm³/mol. The number of β-amino-alcohol motifs (C(OH)–C–C–N with tert-alkyl or cyclic N) is 1. The second kappa shape index (κ2) is 8.23. The maximum absolute atomic E-state index is 15.1. The minimum absolute atomic E-state index is 0.0800. The highest BCUT2D eigenvalue weighted by molar-refractivity contribution is 6.35. The highest BCUT2D eigenvalue weighted by Gasteiger charge is 2.42. The number of halogens is 3. The number of benzene rings is 2. The molecule has 1 fully saturated rings. The zero-order valence-corrected chi connectivity index (χ0v) is 18.9. The van der Waals surface area contributed by atoms with Crippen molar-refractivity contribution in [1.82, 2.24) is 14.0 Å². The quantitative estimate of drug-likeness (QED) is 0.621. The van der Waals surface area contributed by atoms with Crippen molar-refractivity contribution < 1.29 is 14.2 Å². The number of rotatable bonds is 4. The number of hydrogen-bond acceptors (Lipinski definition) is 4. The number of fused-ring (bicyclic) bond motifs is 1. The summed E-state index contributed by atoms with van der Waals surface area (Å²) < 4.78 is 24.1. The second-order valence-electron chi connectivity index (χ2n) is 8.38. The SMILES string of the molecule is Cn1ccn(-c2ccc(O[C@H]3c4cc(Cl)cc(Cl)c4C[C@H]3N3CC[C@@H](O)C3)c(F)c2)c1=O. The smallest absolute Gasteiger partial charge is 0.332 e. The van der Waals surface area contributed by atoms with Crippen LogP contribution in [0.4, 0.5) is 4.39 Å². The van der Waals surface area contributed by atoms with Crippen molar-refractivity contribution in [3.05, 3.63) is 80.2 Å². The van der Waals surface area contributed by atoms with Crippen LogP contribution in [-0.2, 0) is 13.5 Å². The molecule has 0 saturated carbocycles. The Hall–Kier alpha value is -2.32. The highest BCUT2D eigenvalue weighted by atomic mass is 35.5. The molecule has 168 valence electrons. The van der Waals surface area contributed by atoms with Gasteiger partial charge in [0.15, 0.2) is 11.6 Å². The number of ether oxygens (including phenoxy) is 1. The first-order valence-electron chi connectivity index (χ1n) is 10.4. The summed E-state index contributed by atoms with van der Waals surface area (Å²) in [5.41, 5.74) is 1.91. The minimum Gasteiger partial charge on any atom is -0.481 e. The third-order valence-corrected chi connectivity index (χ3v) is 6.88. The van der Waals surface area contributed by atoms with Crippen LogP contribution in [0, 0.1) is 5.82 Å². The van der Waals surface area contributed by atoms with E-state index in [1.165, 1.54) is 21.3 Å². The number of aryl methyl sites for hydroxylation is 1. The van der Waals surface area contributed by atoms with Gasteiger partial charge in [0.25, 0.3) is 0 Å². The fourth-order valence-electron chi connectivity index (χ4n) is 4.68. The summed E-state index contributed by atoms with van der Waals surface area (Å²) in [5.74, 6) is -0.489. The molecule has 0 unspecified atom stereocenters. The summed E-state index contributed by atoms with van der Waals surface area (Å²) in [4.78, 5) is 14.3. The summed E-state index contributed by atoms with van der Waals surface area (Å²) >= 11 is 12.7. The Morgan fingerprint density at radius 3 is 2.66 bits per heavy atom. The van der Waals surface area contributed by atoms with E-state index in [0.29, 0.717) is 35.1 Å². The van der Waals surface area contributed by atoms with E-state index in [0.717, 1.165) is 17.7 Å². The topological polar surface area (TPSA) is 59.6 Å². The molecule has 1 saturated heterocycles. The fourth-order valence-corrected chi connectivity index (χ4v) is 5.27. The molecule has 0 amide bonds. The van der Waals surface area contributed by atoms with Crippen LogP contribution < -0.4 is 10.4 Å². The summed E-state index contributed by atoms with van der Waals surface area (Å²) in [6.45, 7) is 1.26. The van der Waals surface area contributed by atoms with Crippen molar-refractivity contribution in [1.29, 1.82) is 0 Å². The molecule has 1 N–H and O–H groups in total. The van der Waals surface area contributed by atoms with E-state index in [-0.39, 0.29) is 17.5 Å². The fraction of sp³-hybridized carbons (Fsp3) is 0.348. The maximum atomic E-state index is 15.1. The lowest BCUT2D eigenvalue weighted by atomic mass is 10.1. The Balaban J connectivity index is 1.49. The second-order valence-corrected chi connectivity index (χ2v) is 9.22. The van der Waals surface area contributed by atoms with Crippen LogP contribution in [0.5, 0.6) is 5.75 Å². The van der Waals surface area contributed by atoms with Gasteiger partial charge in [-0.3, -0.25) is 9.47 Å².